The van der Waals surface area contributed by atoms with Crippen molar-refractivity contribution in [3.63, 3.8) is 0 Å². The Morgan fingerprint density at radius 3 is 2.38 bits per heavy atom. The van der Waals surface area contributed by atoms with Crippen molar-refractivity contribution >= 4 is 22.4 Å². The molecule has 1 heterocycles. The number of anilines is 1. The van der Waals surface area contributed by atoms with E-state index in [-0.39, 0.29) is 16.7 Å². The third kappa shape index (κ3) is 2.51. The lowest BCUT2D eigenvalue weighted by Gasteiger charge is -2.61. The van der Waals surface area contributed by atoms with Crippen molar-refractivity contribution in [3.05, 3.63) is 40.4 Å². The molecule has 4 saturated carbocycles. The van der Waals surface area contributed by atoms with Gasteiger partial charge in [-0.05, 0) is 75.2 Å². The van der Waals surface area contributed by atoms with Gasteiger partial charge in [0, 0.05) is 0 Å². The summed E-state index contributed by atoms with van der Waals surface area (Å²) >= 11 is 1.46. The van der Waals surface area contributed by atoms with Crippen molar-refractivity contribution in [1.29, 1.82) is 0 Å². The number of hydrogen-bond donors (Lipinski definition) is 1. The van der Waals surface area contributed by atoms with Gasteiger partial charge in [0.2, 0.25) is 11.0 Å². The normalized spacial score (nSPS) is 34.8. The van der Waals surface area contributed by atoms with E-state index in [1.54, 1.807) is 0 Å². The fourth-order valence-electron chi connectivity index (χ4n) is 6.35. The quantitative estimate of drug-likeness (QED) is 0.860. The molecule has 1 aromatic carbocycles. The Labute approximate surface area is 158 Å². The smallest absolute Gasteiger partial charge is 0.232 e. The Morgan fingerprint density at radius 2 is 1.77 bits per heavy atom. The van der Waals surface area contributed by atoms with Crippen LogP contribution in [0.15, 0.2) is 24.3 Å². The predicted molar refractivity (Wildman–Crippen MR) is 103 cm³/mol. The molecule has 0 saturated heterocycles. The van der Waals surface area contributed by atoms with Crippen LogP contribution in [-0.4, -0.2) is 16.1 Å². The molecule has 5 heteroatoms. The van der Waals surface area contributed by atoms with Crippen LogP contribution in [0.25, 0.3) is 0 Å². The minimum atomic E-state index is -0.228. The molecule has 4 aliphatic rings. The molecule has 4 bridgehead atoms. The summed E-state index contributed by atoms with van der Waals surface area (Å²) in [6, 6.07) is 9.07. The van der Waals surface area contributed by atoms with Crippen LogP contribution in [0.1, 0.15) is 54.7 Å². The van der Waals surface area contributed by atoms with Crippen LogP contribution in [0.2, 0.25) is 0 Å². The van der Waals surface area contributed by atoms with Crippen LogP contribution in [0.3, 0.4) is 0 Å². The number of amides is 1. The monoisotopic (exact) mass is 367 g/mol. The van der Waals surface area contributed by atoms with E-state index >= 15 is 0 Å². The maximum absolute atomic E-state index is 13.3. The molecule has 1 aromatic heterocycles. The van der Waals surface area contributed by atoms with Crippen molar-refractivity contribution in [2.45, 2.75) is 57.8 Å². The molecule has 1 amide bonds. The summed E-state index contributed by atoms with van der Waals surface area (Å²) in [4.78, 5) is 13.3. The van der Waals surface area contributed by atoms with Crippen LogP contribution < -0.4 is 5.32 Å². The minimum Gasteiger partial charge on any atom is -0.300 e. The summed E-state index contributed by atoms with van der Waals surface area (Å²) in [5, 5.41) is 12.8. The van der Waals surface area contributed by atoms with Gasteiger partial charge in [-0.3, -0.25) is 4.79 Å². The predicted octanol–water partition coefficient (Wildman–Crippen LogP) is 4.63. The average Bonchev–Trinajstić information content (AvgIpc) is 2.99. The highest BCUT2D eigenvalue weighted by Crippen LogP contribution is 2.66. The number of nitrogens with zero attached hydrogens (tertiary/aromatic N) is 2. The molecular formula is C21H25N3OS. The standard InChI is InChI=1S/C21H25N3OS/c1-13-3-5-17(6-4-13)20-8-15-7-16(9-20)11-21(10-15,12-20)18(25)22-19-24-23-14(2)26-19/h3-6,15-16H,7-12H2,1-2H3,(H,22,24,25). The van der Waals surface area contributed by atoms with E-state index in [9.17, 15) is 4.79 Å². The average molecular weight is 368 g/mol. The fraction of sp³-hybridized carbons (Fsp3) is 0.571. The van der Waals surface area contributed by atoms with Crippen LogP contribution >= 0.6 is 11.3 Å². The highest BCUT2D eigenvalue weighted by molar-refractivity contribution is 7.15. The molecule has 4 nitrogen and oxygen atoms in total. The van der Waals surface area contributed by atoms with Gasteiger partial charge in [-0.2, -0.15) is 0 Å². The van der Waals surface area contributed by atoms with Crippen LogP contribution in [-0.2, 0) is 10.2 Å². The number of benzene rings is 1. The largest absolute Gasteiger partial charge is 0.300 e. The molecule has 2 atom stereocenters. The van der Waals surface area contributed by atoms with E-state index in [1.807, 2.05) is 6.92 Å². The molecule has 26 heavy (non-hydrogen) atoms. The fourth-order valence-corrected chi connectivity index (χ4v) is 6.94. The molecule has 0 radical (unpaired) electrons. The summed E-state index contributed by atoms with van der Waals surface area (Å²) in [7, 11) is 0. The zero-order valence-corrected chi connectivity index (χ0v) is 16.2. The zero-order chi connectivity index (χ0) is 17.9. The summed E-state index contributed by atoms with van der Waals surface area (Å²) in [6.45, 7) is 4.06. The maximum atomic E-state index is 13.3. The molecule has 6 rings (SSSR count). The highest BCUT2D eigenvalue weighted by atomic mass is 32.1. The van der Waals surface area contributed by atoms with E-state index < -0.39 is 0 Å². The molecule has 4 fully saturated rings. The van der Waals surface area contributed by atoms with Crippen molar-refractivity contribution < 1.29 is 4.79 Å². The third-order valence-corrected chi connectivity index (χ3v) is 7.71. The first-order chi connectivity index (χ1) is 12.5. The molecule has 2 aromatic rings. The lowest BCUT2D eigenvalue weighted by Crippen LogP contribution is -2.57. The van der Waals surface area contributed by atoms with E-state index in [2.05, 4.69) is 46.7 Å². The van der Waals surface area contributed by atoms with Crippen molar-refractivity contribution in [3.8, 4) is 0 Å². The van der Waals surface area contributed by atoms with Gasteiger partial charge in [-0.25, -0.2) is 0 Å². The first-order valence-corrected chi connectivity index (χ1v) is 10.5. The molecule has 0 aliphatic heterocycles. The second-order valence-corrected chi connectivity index (χ2v) is 10.1. The number of rotatable bonds is 3. The van der Waals surface area contributed by atoms with Gasteiger partial charge >= 0.3 is 0 Å². The van der Waals surface area contributed by atoms with Crippen molar-refractivity contribution in [1.82, 2.24) is 10.2 Å². The van der Waals surface area contributed by atoms with Crippen LogP contribution in [0.4, 0.5) is 5.13 Å². The number of carbonyl (C=O) groups is 1. The van der Waals surface area contributed by atoms with Crippen molar-refractivity contribution in [2.24, 2.45) is 17.3 Å². The van der Waals surface area contributed by atoms with E-state index in [0.29, 0.717) is 17.0 Å². The van der Waals surface area contributed by atoms with Crippen LogP contribution in [0, 0.1) is 31.1 Å². The van der Waals surface area contributed by atoms with Gasteiger partial charge in [0.1, 0.15) is 5.01 Å². The molecule has 136 valence electrons. The molecular weight excluding hydrogens is 342 g/mol. The Morgan fingerprint density at radius 1 is 1.08 bits per heavy atom. The first-order valence-electron chi connectivity index (χ1n) is 9.65. The number of carbonyl (C=O) groups excluding carboxylic acids is 1. The van der Waals surface area contributed by atoms with Gasteiger partial charge < -0.3 is 5.32 Å². The van der Waals surface area contributed by atoms with Gasteiger partial charge in [-0.15, -0.1) is 10.2 Å². The van der Waals surface area contributed by atoms with Gasteiger partial charge in [0.15, 0.2) is 0 Å². The van der Waals surface area contributed by atoms with Gasteiger partial charge in [0.05, 0.1) is 5.41 Å². The van der Waals surface area contributed by atoms with E-state index in [0.717, 1.165) is 24.3 Å². The topological polar surface area (TPSA) is 54.9 Å². The minimum absolute atomic E-state index is 0.180. The second kappa shape index (κ2) is 5.62. The summed E-state index contributed by atoms with van der Waals surface area (Å²) in [5.74, 6) is 1.54. The Bertz CT molecular complexity index is 842. The number of aromatic nitrogens is 2. The molecule has 0 spiro atoms. The Kier molecular flexibility index (Phi) is 3.55. The van der Waals surface area contributed by atoms with E-state index in [1.165, 1.54) is 41.7 Å². The first kappa shape index (κ1) is 16.4. The SMILES string of the molecule is Cc1ccc(C23CC4CC(CC(C(=O)Nc5nnc(C)s5)(C4)C2)C3)cc1. The number of nitrogens with one attached hydrogen (secondary N) is 1. The molecule has 1 N–H and O–H groups in total. The van der Waals surface area contributed by atoms with E-state index in [4.69, 9.17) is 0 Å². The number of aryl methyl sites for hydroxylation is 2. The maximum Gasteiger partial charge on any atom is 0.232 e. The lowest BCUT2D eigenvalue weighted by atomic mass is 9.42. The molecule has 4 aliphatic carbocycles. The van der Waals surface area contributed by atoms with Gasteiger partial charge in [0.25, 0.3) is 0 Å². The summed E-state index contributed by atoms with van der Waals surface area (Å²) in [6.07, 6.45) is 6.88. The second-order valence-electron chi connectivity index (χ2n) is 8.97. The number of hydrogen-bond acceptors (Lipinski definition) is 4. The zero-order valence-electron chi connectivity index (χ0n) is 15.4. The summed E-state index contributed by atoms with van der Waals surface area (Å²) in [5.41, 5.74) is 2.71. The van der Waals surface area contributed by atoms with Crippen LogP contribution in [0.5, 0.6) is 0 Å². The lowest BCUT2D eigenvalue weighted by molar-refractivity contribution is -0.143. The summed E-state index contributed by atoms with van der Waals surface area (Å²) < 4.78 is 0. The molecule has 2 unspecified atom stereocenters. The highest BCUT2D eigenvalue weighted by Gasteiger charge is 2.61. The van der Waals surface area contributed by atoms with Crippen molar-refractivity contribution in [2.75, 3.05) is 5.32 Å². The Hall–Kier alpha value is -1.75. The third-order valence-electron chi connectivity index (χ3n) is 6.95. The van der Waals surface area contributed by atoms with Gasteiger partial charge in [-0.1, -0.05) is 41.2 Å². The Balaban J connectivity index is 1.48.